The average molecular weight is 208 g/mol. The second-order valence-electron chi connectivity index (χ2n) is 2.54. The predicted octanol–water partition coefficient (Wildman–Crippen LogP) is 0.582. The summed E-state index contributed by atoms with van der Waals surface area (Å²) in [6, 6.07) is 1.11. The molecule has 1 aromatic carbocycles. The highest BCUT2D eigenvalue weighted by Gasteiger charge is 2.26. The molecule has 2 N–H and O–H groups in total. The van der Waals surface area contributed by atoms with E-state index in [0.717, 1.165) is 0 Å². The molecule has 2 nitrogen and oxygen atoms in total. The van der Waals surface area contributed by atoms with E-state index in [1.807, 2.05) is 0 Å². The lowest BCUT2D eigenvalue weighted by Gasteiger charge is -2.07. The maximum Gasteiger partial charge on any atom is 0.494 e. The van der Waals surface area contributed by atoms with Gasteiger partial charge in [-0.3, -0.25) is 0 Å². The highest BCUT2D eigenvalue weighted by Crippen LogP contribution is 2.21. The van der Waals surface area contributed by atoms with Crippen molar-refractivity contribution in [3.05, 3.63) is 29.3 Å². The molecule has 0 heterocycles. The van der Waals surface area contributed by atoms with Crippen molar-refractivity contribution in [3.8, 4) is 0 Å². The fraction of sp³-hybridized carbons (Fsp3) is 0.143. The third-order valence-electron chi connectivity index (χ3n) is 1.65. The Labute approximate surface area is 76.9 Å². The van der Waals surface area contributed by atoms with Crippen LogP contribution in [0.1, 0.15) is 12.0 Å². The van der Waals surface area contributed by atoms with Crippen LogP contribution in [0.5, 0.6) is 0 Å². The van der Waals surface area contributed by atoms with Gasteiger partial charge < -0.3 is 10.0 Å². The number of alkyl halides is 2. The van der Waals surface area contributed by atoms with Crippen molar-refractivity contribution in [2.75, 3.05) is 0 Å². The summed E-state index contributed by atoms with van der Waals surface area (Å²) < 4.78 is 49.9. The Hall–Kier alpha value is -1.08. The zero-order chi connectivity index (χ0) is 10.9. The van der Waals surface area contributed by atoms with Gasteiger partial charge in [-0.25, -0.2) is 17.6 Å². The van der Waals surface area contributed by atoms with Gasteiger partial charge in [0.15, 0.2) is 0 Å². The summed E-state index contributed by atoms with van der Waals surface area (Å²) in [6.45, 7) is 0. The molecule has 0 unspecified atom stereocenters. The Morgan fingerprint density at radius 2 is 1.71 bits per heavy atom. The first-order valence-corrected chi connectivity index (χ1v) is 3.57. The van der Waals surface area contributed by atoms with E-state index in [0.29, 0.717) is 12.1 Å². The van der Waals surface area contributed by atoms with E-state index in [1.165, 1.54) is 0 Å². The second kappa shape index (κ2) is 3.97. The molecule has 14 heavy (non-hydrogen) atoms. The Bertz CT molecular complexity index is 343. The second-order valence-corrected chi connectivity index (χ2v) is 2.54. The zero-order valence-corrected chi connectivity index (χ0v) is 6.72. The van der Waals surface area contributed by atoms with Crippen molar-refractivity contribution in [1.29, 1.82) is 0 Å². The summed E-state index contributed by atoms with van der Waals surface area (Å²) in [5.41, 5.74) is -2.22. The lowest BCUT2D eigenvalue weighted by atomic mass is 9.78. The Kier molecular flexibility index (Phi) is 3.12. The third kappa shape index (κ3) is 1.88. The predicted molar refractivity (Wildman–Crippen MR) is 41.1 cm³/mol. The first-order chi connectivity index (χ1) is 6.45. The van der Waals surface area contributed by atoms with Gasteiger partial charge in [0, 0.05) is 0 Å². The molecule has 0 bridgehead atoms. The fourth-order valence-corrected chi connectivity index (χ4v) is 0.991. The molecule has 0 fully saturated rings. The molecule has 7 heteroatoms. The largest absolute Gasteiger partial charge is 0.494 e. The lowest BCUT2D eigenvalue weighted by Crippen LogP contribution is -2.36. The molecular weight excluding hydrogens is 203 g/mol. The van der Waals surface area contributed by atoms with Crippen LogP contribution in [-0.4, -0.2) is 17.2 Å². The molecule has 0 radical (unpaired) electrons. The van der Waals surface area contributed by atoms with E-state index in [-0.39, 0.29) is 0 Å². The van der Waals surface area contributed by atoms with Gasteiger partial charge in [-0.1, -0.05) is 0 Å². The van der Waals surface area contributed by atoms with Crippen LogP contribution in [0.4, 0.5) is 17.6 Å². The van der Waals surface area contributed by atoms with E-state index in [9.17, 15) is 17.6 Å². The molecule has 1 rings (SSSR count). The van der Waals surface area contributed by atoms with Crippen LogP contribution in [0.15, 0.2) is 12.1 Å². The van der Waals surface area contributed by atoms with E-state index >= 15 is 0 Å². The first kappa shape index (κ1) is 11.0. The molecule has 0 aliphatic rings. The maximum atomic E-state index is 13.0. The van der Waals surface area contributed by atoms with E-state index in [4.69, 9.17) is 10.0 Å². The molecule has 0 saturated carbocycles. The summed E-state index contributed by atoms with van der Waals surface area (Å²) >= 11 is 0. The summed E-state index contributed by atoms with van der Waals surface area (Å²) in [5, 5.41) is 17.0. The van der Waals surface area contributed by atoms with Crippen LogP contribution in [0.25, 0.3) is 0 Å². The van der Waals surface area contributed by atoms with Crippen molar-refractivity contribution in [2.45, 2.75) is 6.43 Å². The molecule has 76 valence electrons. The smallest absolute Gasteiger partial charge is 0.423 e. The van der Waals surface area contributed by atoms with Gasteiger partial charge in [-0.15, -0.1) is 0 Å². The lowest BCUT2D eigenvalue weighted by molar-refractivity contribution is 0.146. The molecule has 0 aliphatic heterocycles. The van der Waals surface area contributed by atoms with Crippen LogP contribution in [-0.2, 0) is 0 Å². The van der Waals surface area contributed by atoms with Gasteiger partial charge in [-0.2, -0.15) is 0 Å². The van der Waals surface area contributed by atoms with Crippen LogP contribution in [0.3, 0.4) is 0 Å². The topological polar surface area (TPSA) is 40.5 Å². The monoisotopic (exact) mass is 208 g/mol. The molecule has 0 saturated heterocycles. The number of rotatable bonds is 2. The van der Waals surface area contributed by atoms with E-state index in [2.05, 4.69) is 0 Å². The Morgan fingerprint density at radius 3 is 2.14 bits per heavy atom. The molecule has 0 amide bonds. The van der Waals surface area contributed by atoms with Gasteiger partial charge in [0.1, 0.15) is 11.6 Å². The minimum atomic E-state index is -3.13. The summed E-state index contributed by atoms with van der Waals surface area (Å²) in [5.74, 6) is -2.91. The number of hydrogen-bond acceptors (Lipinski definition) is 2. The van der Waals surface area contributed by atoms with E-state index < -0.39 is 36.2 Å². The van der Waals surface area contributed by atoms with E-state index in [1.54, 1.807) is 0 Å². The number of halogens is 4. The average Bonchev–Trinajstić information content (AvgIpc) is 2.02. The summed E-state index contributed by atoms with van der Waals surface area (Å²) in [7, 11) is -2.45. The fourth-order valence-electron chi connectivity index (χ4n) is 0.991. The zero-order valence-electron chi connectivity index (χ0n) is 6.72. The Balaban J connectivity index is 3.34. The SMILES string of the molecule is OB(O)c1c(F)ccc(C(F)F)c1F. The maximum absolute atomic E-state index is 13.0. The molecule has 0 spiro atoms. The van der Waals surface area contributed by atoms with Crippen LogP contribution in [0, 0.1) is 11.6 Å². The first-order valence-electron chi connectivity index (χ1n) is 3.57. The third-order valence-corrected chi connectivity index (χ3v) is 1.65. The van der Waals surface area contributed by atoms with Crippen molar-refractivity contribution in [3.63, 3.8) is 0 Å². The minimum absolute atomic E-state index is 0.555. The van der Waals surface area contributed by atoms with Crippen molar-refractivity contribution in [2.24, 2.45) is 0 Å². The van der Waals surface area contributed by atoms with Gasteiger partial charge in [-0.05, 0) is 12.1 Å². The van der Waals surface area contributed by atoms with Crippen molar-refractivity contribution in [1.82, 2.24) is 0 Å². The summed E-state index contributed by atoms with van der Waals surface area (Å²) in [4.78, 5) is 0. The number of benzene rings is 1. The molecule has 0 aromatic heterocycles. The van der Waals surface area contributed by atoms with Gasteiger partial charge in [0.05, 0.1) is 11.0 Å². The Morgan fingerprint density at radius 1 is 1.14 bits per heavy atom. The quantitative estimate of drug-likeness (QED) is 0.551. The standard InChI is InChI=1S/C7H5BF4O2/c9-4-2-1-3(7(11)12)6(10)5(4)8(13)14/h1-2,7,13-14H. The number of hydrogen-bond donors (Lipinski definition) is 2. The minimum Gasteiger partial charge on any atom is -0.423 e. The highest BCUT2D eigenvalue weighted by atomic mass is 19.3. The molecule has 0 aliphatic carbocycles. The van der Waals surface area contributed by atoms with Crippen LogP contribution < -0.4 is 5.46 Å². The molecular formula is C7H5BF4O2. The normalized spacial score (nSPS) is 10.8. The van der Waals surface area contributed by atoms with Crippen LogP contribution in [0.2, 0.25) is 0 Å². The highest BCUT2D eigenvalue weighted by molar-refractivity contribution is 6.58. The van der Waals surface area contributed by atoms with Crippen LogP contribution >= 0.6 is 0 Å². The van der Waals surface area contributed by atoms with Gasteiger partial charge in [0.25, 0.3) is 6.43 Å². The van der Waals surface area contributed by atoms with Gasteiger partial charge >= 0.3 is 7.12 Å². The summed E-state index contributed by atoms with van der Waals surface area (Å²) in [6.07, 6.45) is -3.13. The van der Waals surface area contributed by atoms with Gasteiger partial charge in [0.2, 0.25) is 0 Å². The van der Waals surface area contributed by atoms with Crippen molar-refractivity contribution >= 4 is 12.6 Å². The molecule has 0 atom stereocenters. The van der Waals surface area contributed by atoms with Crippen molar-refractivity contribution < 1.29 is 27.6 Å². The molecule has 1 aromatic rings.